The molecule has 0 saturated carbocycles. The van der Waals surface area contributed by atoms with Crippen LogP contribution >= 0.6 is 22.6 Å². The van der Waals surface area contributed by atoms with Gasteiger partial charge in [0.2, 0.25) is 0 Å². The Morgan fingerprint density at radius 3 is 2.58 bits per heavy atom. The van der Waals surface area contributed by atoms with E-state index < -0.39 is 0 Å². The molecule has 0 spiro atoms. The van der Waals surface area contributed by atoms with Gasteiger partial charge in [-0.05, 0) is 60.3 Å². The van der Waals surface area contributed by atoms with Crippen molar-refractivity contribution in [2.45, 2.75) is 40.0 Å². The maximum absolute atomic E-state index is 13.5. The number of hydrogen-bond donors (Lipinski definition) is 1. The predicted octanol–water partition coefficient (Wildman–Crippen LogP) is 6.04. The summed E-state index contributed by atoms with van der Waals surface area (Å²) >= 11 is 2.11. The molecule has 0 aliphatic rings. The number of aryl methyl sites for hydroxylation is 1. The number of likely N-dealkylation sites (N-methyl/N-ethyl adjacent to an activating group) is 1. The highest BCUT2D eigenvalue weighted by Gasteiger charge is 2.23. The number of benzene rings is 2. The molecular weight excluding hydrogens is 505 g/mol. The second kappa shape index (κ2) is 11.0. The fourth-order valence-corrected chi connectivity index (χ4v) is 4.44. The van der Waals surface area contributed by atoms with Gasteiger partial charge in [0, 0.05) is 23.9 Å². The summed E-state index contributed by atoms with van der Waals surface area (Å²) in [4.78, 5) is 15.7. The maximum Gasteiger partial charge on any atom is 0.197 e. The van der Waals surface area contributed by atoms with Gasteiger partial charge in [-0.2, -0.15) is 0 Å². The highest BCUT2D eigenvalue weighted by molar-refractivity contribution is 14.1. The van der Waals surface area contributed by atoms with Gasteiger partial charge in [0.1, 0.15) is 18.0 Å². The van der Waals surface area contributed by atoms with E-state index in [9.17, 15) is 9.90 Å². The molecule has 1 N–H and O–H groups in total. The molecule has 0 radical (unpaired) electrons. The molecule has 31 heavy (non-hydrogen) atoms. The van der Waals surface area contributed by atoms with Gasteiger partial charge in [-0.1, -0.05) is 45.4 Å². The smallest absolute Gasteiger partial charge is 0.197 e. The molecule has 0 aliphatic carbocycles. The number of carbonyl (C=O) groups is 1. The Morgan fingerprint density at radius 1 is 1.16 bits per heavy atom. The summed E-state index contributed by atoms with van der Waals surface area (Å²) in [5, 5.41) is 11.4. The highest BCUT2D eigenvalue weighted by atomic mass is 127. The lowest BCUT2D eigenvalue weighted by Gasteiger charge is -2.19. The van der Waals surface area contributed by atoms with Crippen LogP contribution in [0, 0.1) is 3.57 Å². The third-order valence-corrected chi connectivity index (χ3v) is 6.29. The lowest BCUT2D eigenvalue weighted by molar-refractivity contribution is 0.103. The van der Waals surface area contributed by atoms with Crippen LogP contribution in [0.5, 0.6) is 11.5 Å². The molecule has 3 aromatic rings. The zero-order valence-corrected chi connectivity index (χ0v) is 20.6. The van der Waals surface area contributed by atoms with Crippen molar-refractivity contribution in [3.63, 3.8) is 0 Å². The predicted molar refractivity (Wildman–Crippen MR) is 132 cm³/mol. The van der Waals surface area contributed by atoms with E-state index in [2.05, 4.69) is 48.3 Å². The van der Waals surface area contributed by atoms with Crippen LogP contribution in [0.2, 0.25) is 0 Å². The minimum absolute atomic E-state index is 0.0160. The average molecular weight is 535 g/mol. The number of ketones is 1. The van der Waals surface area contributed by atoms with E-state index in [1.165, 1.54) is 6.07 Å². The molecule has 166 valence electrons. The topological polar surface area (TPSA) is 62.9 Å². The Labute approximate surface area is 197 Å². The van der Waals surface area contributed by atoms with E-state index >= 15 is 0 Å². The van der Waals surface area contributed by atoms with Crippen LogP contribution in [-0.4, -0.2) is 42.0 Å². The van der Waals surface area contributed by atoms with Crippen LogP contribution in [0.3, 0.4) is 0 Å². The first kappa shape index (κ1) is 23.6. The molecular formula is C25H30INO4. The van der Waals surface area contributed by atoms with E-state index in [4.69, 9.17) is 9.15 Å². The molecule has 1 heterocycles. The monoisotopic (exact) mass is 535 g/mol. The van der Waals surface area contributed by atoms with Crippen molar-refractivity contribution in [1.82, 2.24) is 4.90 Å². The number of unbranched alkanes of at least 4 members (excludes halogenated alkanes) is 1. The summed E-state index contributed by atoms with van der Waals surface area (Å²) in [7, 11) is 0. The Bertz CT molecular complexity index is 1020. The molecule has 3 rings (SSSR count). The Kier molecular flexibility index (Phi) is 8.37. The summed E-state index contributed by atoms with van der Waals surface area (Å²) in [6.45, 7) is 9.50. The fraction of sp³-hybridized carbons (Fsp3) is 0.400. The van der Waals surface area contributed by atoms with Crippen molar-refractivity contribution in [2.24, 2.45) is 0 Å². The first-order valence-electron chi connectivity index (χ1n) is 10.9. The molecule has 1 aromatic heterocycles. The zero-order valence-electron chi connectivity index (χ0n) is 18.4. The summed E-state index contributed by atoms with van der Waals surface area (Å²) in [5.41, 5.74) is 1.74. The lowest BCUT2D eigenvalue weighted by Crippen LogP contribution is -2.28. The Balaban J connectivity index is 1.89. The lowest BCUT2D eigenvalue weighted by atomic mass is 9.98. The number of phenols is 1. The van der Waals surface area contributed by atoms with Crippen molar-refractivity contribution in [2.75, 3.05) is 26.2 Å². The van der Waals surface area contributed by atoms with Gasteiger partial charge in [0.15, 0.2) is 17.3 Å². The van der Waals surface area contributed by atoms with Crippen molar-refractivity contribution in [3.05, 3.63) is 56.9 Å². The zero-order chi connectivity index (χ0) is 22.4. The molecule has 0 amide bonds. The van der Waals surface area contributed by atoms with Crippen LogP contribution in [0.25, 0.3) is 11.0 Å². The number of furan rings is 1. The average Bonchev–Trinajstić information content (AvgIpc) is 3.14. The summed E-state index contributed by atoms with van der Waals surface area (Å²) < 4.78 is 12.6. The van der Waals surface area contributed by atoms with Crippen LogP contribution in [0.1, 0.15) is 55.3 Å². The molecule has 0 bridgehead atoms. The summed E-state index contributed by atoms with van der Waals surface area (Å²) in [6.07, 6.45) is 2.67. The van der Waals surface area contributed by atoms with Crippen LogP contribution in [0.15, 0.2) is 40.8 Å². The van der Waals surface area contributed by atoms with E-state index in [0.29, 0.717) is 44.8 Å². The van der Waals surface area contributed by atoms with Gasteiger partial charge < -0.3 is 19.2 Å². The molecule has 0 atom stereocenters. The fourth-order valence-electron chi connectivity index (χ4n) is 3.67. The SMILES string of the molecule is CCCCc1oc2ccccc2c1C(=O)c1cc(O)c(OCCN(CC)CC)c(I)c1. The summed E-state index contributed by atoms with van der Waals surface area (Å²) in [5.74, 6) is 0.978. The molecule has 0 aliphatic heterocycles. The first-order chi connectivity index (χ1) is 15.0. The van der Waals surface area contributed by atoms with E-state index in [-0.39, 0.29) is 11.5 Å². The summed E-state index contributed by atoms with van der Waals surface area (Å²) in [6, 6.07) is 10.9. The van der Waals surface area contributed by atoms with Crippen LogP contribution in [-0.2, 0) is 6.42 Å². The number of aromatic hydroxyl groups is 1. The quantitative estimate of drug-likeness (QED) is 0.240. The first-order valence-corrected chi connectivity index (χ1v) is 12.0. The number of carbonyl (C=O) groups excluding carboxylic acids is 1. The van der Waals surface area contributed by atoms with Gasteiger partial charge >= 0.3 is 0 Å². The Hall–Kier alpha value is -2.06. The maximum atomic E-state index is 13.5. The van der Waals surface area contributed by atoms with Crippen LogP contribution in [0.4, 0.5) is 0 Å². The van der Waals surface area contributed by atoms with E-state index in [1.807, 2.05) is 24.3 Å². The van der Waals surface area contributed by atoms with Crippen LogP contribution < -0.4 is 4.74 Å². The van der Waals surface area contributed by atoms with Gasteiger partial charge in [0.05, 0.1) is 9.13 Å². The minimum Gasteiger partial charge on any atom is -0.504 e. The number of ether oxygens (including phenoxy) is 1. The number of rotatable bonds is 11. The van der Waals surface area contributed by atoms with Crippen molar-refractivity contribution in [3.8, 4) is 11.5 Å². The molecule has 0 unspecified atom stereocenters. The number of nitrogens with zero attached hydrogens (tertiary/aromatic N) is 1. The van der Waals surface area contributed by atoms with Crippen molar-refractivity contribution < 1.29 is 19.1 Å². The molecule has 2 aromatic carbocycles. The molecule has 6 heteroatoms. The van der Waals surface area contributed by atoms with Gasteiger partial charge in [-0.25, -0.2) is 0 Å². The normalized spacial score (nSPS) is 11.4. The number of para-hydroxylation sites is 1. The number of hydrogen-bond acceptors (Lipinski definition) is 5. The number of halogens is 1. The van der Waals surface area contributed by atoms with Gasteiger partial charge in [-0.3, -0.25) is 4.79 Å². The third kappa shape index (κ3) is 5.41. The highest BCUT2D eigenvalue weighted by Crippen LogP contribution is 2.35. The molecule has 0 fully saturated rings. The standard InChI is InChI=1S/C25H30INO4/c1-4-7-11-22-23(18-10-8-9-12-21(18)31-22)24(29)17-15-19(26)25(20(28)16-17)30-14-13-27(5-2)6-3/h8-10,12,15-16,28H,4-7,11,13-14H2,1-3H3. The largest absolute Gasteiger partial charge is 0.504 e. The van der Waals surface area contributed by atoms with Gasteiger partial charge in [-0.15, -0.1) is 0 Å². The Morgan fingerprint density at radius 2 is 1.90 bits per heavy atom. The van der Waals surface area contributed by atoms with Crippen molar-refractivity contribution >= 4 is 39.3 Å². The molecule has 0 saturated heterocycles. The van der Waals surface area contributed by atoms with E-state index in [0.717, 1.165) is 37.9 Å². The third-order valence-electron chi connectivity index (χ3n) is 5.49. The minimum atomic E-state index is -0.140. The number of fused-ring (bicyclic) bond motifs is 1. The number of phenolic OH excluding ortho intramolecular Hbond substituents is 1. The second-order valence-electron chi connectivity index (χ2n) is 7.51. The van der Waals surface area contributed by atoms with E-state index in [1.54, 1.807) is 6.07 Å². The second-order valence-corrected chi connectivity index (χ2v) is 8.67. The molecule has 5 nitrogen and oxygen atoms in total. The van der Waals surface area contributed by atoms with Gasteiger partial charge in [0.25, 0.3) is 0 Å². The van der Waals surface area contributed by atoms with Crippen molar-refractivity contribution in [1.29, 1.82) is 0 Å².